The molecule has 112 valence electrons. The highest BCUT2D eigenvalue weighted by atomic mass is 16.1. The van der Waals surface area contributed by atoms with Gasteiger partial charge in [0.25, 0.3) is 5.91 Å². The summed E-state index contributed by atoms with van der Waals surface area (Å²) in [6.45, 7) is 4.93. The van der Waals surface area contributed by atoms with Gasteiger partial charge in [0.1, 0.15) is 0 Å². The Hall–Kier alpha value is -1.88. The summed E-state index contributed by atoms with van der Waals surface area (Å²) in [5.41, 5.74) is 1.63. The van der Waals surface area contributed by atoms with Crippen molar-refractivity contribution < 1.29 is 4.79 Å². The maximum absolute atomic E-state index is 12.4. The monoisotopic (exact) mass is 286 g/mol. The Balaban J connectivity index is 1.75. The van der Waals surface area contributed by atoms with Crippen LogP contribution < -0.4 is 10.6 Å². The smallest absolute Gasteiger partial charge is 0.272 e. The van der Waals surface area contributed by atoms with Crippen molar-refractivity contribution in [2.24, 2.45) is 12.5 Å². The molecule has 1 aliphatic heterocycles. The molecule has 1 unspecified atom stereocenters. The second-order valence-electron chi connectivity index (χ2n) is 6.26. The van der Waals surface area contributed by atoms with Gasteiger partial charge in [0, 0.05) is 25.5 Å². The maximum atomic E-state index is 12.4. The molecule has 1 fully saturated rings. The van der Waals surface area contributed by atoms with Crippen LogP contribution in [0.4, 0.5) is 0 Å². The number of rotatable bonds is 3. The van der Waals surface area contributed by atoms with Crippen molar-refractivity contribution >= 4 is 16.8 Å². The molecule has 3 rings (SSSR count). The Morgan fingerprint density at radius 3 is 3.05 bits per heavy atom. The lowest BCUT2D eigenvalue weighted by Crippen LogP contribution is -2.45. The summed E-state index contributed by atoms with van der Waals surface area (Å²) in [5.74, 6) is -0.0846. The predicted octanol–water partition coefficient (Wildman–Crippen LogP) is 1.69. The molecule has 0 radical (unpaired) electrons. The van der Waals surface area contributed by atoms with Crippen molar-refractivity contribution in [2.75, 3.05) is 19.6 Å². The van der Waals surface area contributed by atoms with E-state index in [2.05, 4.69) is 22.7 Å². The molecule has 21 heavy (non-hydrogen) atoms. The predicted molar refractivity (Wildman–Crippen MR) is 83.3 cm³/mol. The molecule has 1 aromatic carbocycles. The van der Waals surface area contributed by atoms with E-state index >= 15 is 0 Å². The summed E-state index contributed by atoms with van der Waals surface area (Å²) in [5, 5.41) is 11.7. The molecule has 1 aliphatic rings. The van der Waals surface area contributed by atoms with Crippen LogP contribution in [0.3, 0.4) is 0 Å². The first-order chi connectivity index (χ1) is 10.1. The Kier molecular flexibility index (Phi) is 3.68. The van der Waals surface area contributed by atoms with Crippen LogP contribution in [0.1, 0.15) is 30.3 Å². The number of nitrogens with zero attached hydrogens (tertiary/aromatic N) is 2. The maximum Gasteiger partial charge on any atom is 0.272 e. The van der Waals surface area contributed by atoms with Gasteiger partial charge in [0.05, 0.1) is 5.52 Å². The molecule has 0 saturated carbocycles. The third kappa shape index (κ3) is 2.78. The first-order valence-corrected chi connectivity index (χ1v) is 7.50. The molecule has 5 heteroatoms. The molecule has 0 spiro atoms. The van der Waals surface area contributed by atoms with Crippen molar-refractivity contribution in [3.05, 3.63) is 30.0 Å². The van der Waals surface area contributed by atoms with Gasteiger partial charge in [-0.2, -0.15) is 5.10 Å². The molecule has 2 aromatic rings. The van der Waals surface area contributed by atoms with Gasteiger partial charge in [-0.05, 0) is 30.9 Å². The van der Waals surface area contributed by atoms with Crippen LogP contribution in [-0.2, 0) is 7.05 Å². The lowest BCUT2D eigenvalue weighted by Gasteiger charge is -2.34. The average molecular weight is 286 g/mol. The van der Waals surface area contributed by atoms with Gasteiger partial charge in [0.15, 0.2) is 5.69 Å². The third-order valence-corrected chi connectivity index (χ3v) is 4.33. The number of hydrogen-bond donors (Lipinski definition) is 2. The zero-order valence-corrected chi connectivity index (χ0v) is 12.6. The Bertz CT molecular complexity index is 655. The third-order valence-electron chi connectivity index (χ3n) is 4.33. The number of piperidine rings is 1. The summed E-state index contributed by atoms with van der Waals surface area (Å²) >= 11 is 0. The van der Waals surface area contributed by atoms with E-state index in [1.165, 1.54) is 6.42 Å². The van der Waals surface area contributed by atoms with Crippen LogP contribution in [-0.4, -0.2) is 35.3 Å². The number of carbonyl (C=O) groups excluding carboxylic acids is 1. The van der Waals surface area contributed by atoms with Crippen molar-refractivity contribution in [1.29, 1.82) is 0 Å². The Morgan fingerprint density at radius 2 is 2.29 bits per heavy atom. The summed E-state index contributed by atoms with van der Waals surface area (Å²) in [4.78, 5) is 12.4. The summed E-state index contributed by atoms with van der Waals surface area (Å²) in [6, 6.07) is 7.82. The zero-order valence-electron chi connectivity index (χ0n) is 12.6. The van der Waals surface area contributed by atoms with E-state index in [-0.39, 0.29) is 11.3 Å². The molecule has 1 amide bonds. The van der Waals surface area contributed by atoms with Gasteiger partial charge < -0.3 is 10.6 Å². The molecular weight excluding hydrogens is 264 g/mol. The molecule has 1 atom stereocenters. The van der Waals surface area contributed by atoms with Crippen molar-refractivity contribution in [2.45, 2.75) is 19.8 Å². The fourth-order valence-corrected chi connectivity index (χ4v) is 3.03. The topological polar surface area (TPSA) is 59.0 Å². The normalized spacial score (nSPS) is 22.4. The van der Waals surface area contributed by atoms with Crippen LogP contribution in [0.5, 0.6) is 0 Å². The van der Waals surface area contributed by atoms with Crippen LogP contribution in [0, 0.1) is 5.41 Å². The van der Waals surface area contributed by atoms with E-state index in [1.54, 1.807) is 4.68 Å². The number of aryl methyl sites for hydroxylation is 1. The lowest BCUT2D eigenvalue weighted by molar-refractivity contribution is 0.0920. The highest BCUT2D eigenvalue weighted by Gasteiger charge is 2.27. The standard InChI is InChI=1S/C16H22N4O/c1-16(8-5-9-17-10-16)11-18-15(21)14-12-6-3-4-7-13(12)20(2)19-14/h3-4,6-7,17H,5,8-11H2,1-2H3,(H,18,21). The highest BCUT2D eigenvalue weighted by Crippen LogP contribution is 2.24. The van der Waals surface area contributed by atoms with Crippen LogP contribution in [0.2, 0.25) is 0 Å². The van der Waals surface area contributed by atoms with Gasteiger partial charge in [-0.15, -0.1) is 0 Å². The van der Waals surface area contributed by atoms with Crippen LogP contribution in [0.25, 0.3) is 10.9 Å². The summed E-state index contributed by atoms with van der Waals surface area (Å²) in [6.07, 6.45) is 2.31. The van der Waals surface area contributed by atoms with E-state index in [4.69, 9.17) is 0 Å². The van der Waals surface area contributed by atoms with Gasteiger partial charge in [0.2, 0.25) is 0 Å². The second kappa shape index (κ2) is 5.48. The zero-order chi connectivity index (χ0) is 14.9. The van der Waals surface area contributed by atoms with E-state index in [1.807, 2.05) is 31.3 Å². The minimum atomic E-state index is -0.0846. The number of aromatic nitrogens is 2. The minimum absolute atomic E-state index is 0.0846. The van der Waals surface area contributed by atoms with Crippen molar-refractivity contribution in [3.8, 4) is 0 Å². The number of carbonyl (C=O) groups is 1. The van der Waals surface area contributed by atoms with Crippen molar-refractivity contribution in [3.63, 3.8) is 0 Å². The first-order valence-electron chi connectivity index (χ1n) is 7.50. The molecule has 2 heterocycles. The number of hydrogen-bond acceptors (Lipinski definition) is 3. The van der Waals surface area contributed by atoms with Gasteiger partial charge in [-0.1, -0.05) is 25.1 Å². The number of nitrogens with one attached hydrogen (secondary N) is 2. The van der Waals surface area contributed by atoms with Crippen molar-refractivity contribution in [1.82, 2.24) is 20.4 Å². The lowest BCUT2D eigenvalue weighted by atomic mass is 9.83. The minimum Gasteiger partial charge on any atom is -0.350 e. The summed E-state index contributed by atoms with van der Waals surface area (Å²) in [7, 11) is 1.87. The molecule has 0 aliphatic carbocycles. The van der Waals surface area contributed by atoms with Gasteiger partial charge in [-0.25, -0.2) is 0 Å². The Labute approximate surface area is 124 Å². The fraction of sp³-hybridized carbons (Fsp3) is 0.500. The molecule has 0 bridgehead atoms. The average Bonchev–Trinajstić information content (AvgIpc) is 2.84. The van der Waals surface area contributed by atoms with E-state index in [0.29, 0.717) is 12.2 Å². The summed E-state index contributed by atoms with van der Waals surface area (Å²) < 4.78 is 1.76. The largest absolute Gasteiger partial charge is 0.350 e. The molecule has 2 N–H and O–H groups in total. The molecule has 5 nitrogen and oxygen atoms in total. The molecule has 1 saturated heterocycles. The highest BCUT2D eigenvalue weighted by molar-refractivity contribution is 6.04. The van der Waals surface area contributed by atoms with E-state index in [9.17, 15) is 4.79 Å². The van der Waals surface area contributed by atoms with Crippen LogP contribution in [0.15, 0.2) is 24.3 Å². The van der Waals surface area contributed by atoms with E-state index in [0.717, 1.165) is 30.4 Å². The molecule has 1 aromatic heterocycles. The first kappa shape index (κ1) is 14.1. The van der Waals surface area contributed by atoms with Gasteiger partial charge >= 0.3 is 0 Å². The van der Waals surface area contributed by atoms with E-state index < -0.39 is 0 Å². The SMILES string of the molecule is Cn1nc(C(=O)NCC2(C)CCCNC2)c2ccccc21. The molecular formula is C16H22N4O. The number of benzene rings is 1. The fourth-order valence-electron chi connectivity index (χ4n) is 3.03. The van der Waals surface area contributed by atoms with Crippen LogP contribution >= 0.6 is 0 Å². The number of para-hydroxylation sites is 1. The quantitative estimate of drug-likeness (QED) is 0.903. The second-order valence-corrected chi connectivity index (χ2v) is 6.26. The number of fused-ring (bicyclic) bond motifs is 1. The van der Waals surface area contributed by atoms with Gasteiger partial charge in [-0.3, -0.25) is 9.48 Å². The Morgan fingerprint density at radius 1 is 1.48 bits per heavy atom. The number of amides is 1.